The van der Waals surface area contributed by atoms with E-state index in [4.69, 9.17) is 4.74 Å². The molecule has 2 nitrogen and oxygen atoms in total. The molecule has 0 saturated carbocycles. The van der Waals surface area contributed by atoms with Crippen molar-refractivity contribution >= 4 is 15.9 Å². The largest absolute Gasteiger partial charge is 0.355 e. The average Bonchev–Trinajstić information content (AvgIpc) is 2.99. The van der Waals surface area contributed by atoms with E-state index in [9.17, 15) is 8.78 Å². The normalized spacial score (nSPS) is 22.4. The molecular weight excluding hydrogens is 340 g/mol. The molecular formula is C16H14BrF2NO. The van der Waals surface area contributed by atoms with E-state index in [1.54, 1.807) is 12.1 Å². The number of benzene rings is 2. The van der Waals surface area contributed by atoms with Gasteiger partial charge in [0.1, 0.15) is 0 Å². The van der Waals surface area contributed by atoms with Gasteiger partial charge in [-0.15, -0.1) is 0 Å². The van der Waals surface area contributed by atoms with Gasteiger partial charge in [-0.3, -0.25) is 5.32 Å². The quantitative estimate of drug-likeness (QED) is 0.891. The van der Waals surface area contributed by atoms with Crippen molar-refractivity contribution in [3.63, 3.8) is 0 Å². The molecule has 110 valence electrons. The van der Waals surface area contributed by atoms with Gasteiger partial charge in [-0.1, -0.05) is 58.4 Å². The highest BCUT2D eigenvalue weighted by molar-refractivity contribution is 9.10. The lowest BCUT2D eigenvalue weighted by Crippen LogP contribution is -2.40. The molecule has 1 aliphatic heterocycles. The van der Waals surface area contributed by atoms with Gasteiger partial charge in [-0.2, -0.15) is 8.78 Å². The van der Waals surface area contributed by atoms with Crippen LogP contribution in [0, 0.1) is 0 Å². The second-order valence-electron chi connectivity index (χ2n) is 4.98. The van der Waals surface area contributed by atoms with Gasteiger partial charge in [0.25, 0.3) is 0 Å². The van der Waals surface area contributed by atoms with E-state index in [0.29, 0.717) is 4.47 Å². The number of alkyl halides is 2. The number of rotatable bonds is 3. The fourth-order valence-corrected chi connectivity index (χ4v) is 2.80. The van der Waals surface area contributed by atoms with Gasteiger partial charge >= 0.3 is 5.92 Å². The molecule has 2 aromatic carbocycles. The van der Waals surface area contributed by atoms with Crippen molar-refractivity contribution in [2.24, 2.45) is 0 Å². The Labute approximate surface area is 130 Å². The molecule has 1 fully saturated rings. The second kappa shape index (κ2) is 5.83. The summed E-state index contributed by atoms with van der Waals surface area (Å²) in [7, 11) is 0. The molecule has 0 aliphatic carbocycles. The van der Waals surface area contributed by atoms with E-state index >= 15 is 0 Å². The first-order valence-electron chi connectivity index (χ1n) is 6.64. The van der Waals surface area contributed by atoms with Crippen LogP contribution in [-0.2, 0) is 10.7 Å². The lowest BCUT2D eigenvalue weighted by molar-refractivity contribution is -0.130. The van der Waals surface area contributed by atoms with Crippen LogP contribution >= 0.6 is 15.9 Å². The third-order valence-electron chi connectivity index (χ3n) is 3.52. The smallest absolute Gasteiger partial charge is 0.311 e. The molecule has 0 spiro atoms. The molecule has 0 amide bonds. The number of halogens is 3. The summed E-state index contributed by atoms with van der Waals surface area (Å²) in [6.45, 7) is 0.234. The molecule has 1 aliphatic rings. The first-order chi connectivity index (χ1) is 10.1. The van der Waals surface area contributed by atoms with E-state index in [1.165, 1.54) is 12.1 Å². The summed E-state index contributed by atoms with van der Waals surface area (Å²) in [4.78, 5) is 0. The van der Waals surface area contributed by atoms with Gasteiger partial charge in [-0.25, -0.2) is 0 Å². The Kier molecular flexibility index (Phi) is 4.06. The van der Waals surface area contributed by atoms with E-state index in [-0.39, 0.29) is 18.2 Å². The van der Waals surface area contributed by atoms with Crippen molar-refractivity contribution in [2.45, 2.75) is 18.2 Å². The van der Waals surface area contributed by atoms with Crippen LogP contribution in [0.15, 0.2) is 59.1 Å². The maximum absolute atomic E-state index is 14.5. The maximum atomic E-state index is 14.5. The van der Waals surface area contributed by atoms with E-state index < -0.39 is 12.2 Å². The molecule has 2 aromatic rings. The summed E-state index contributed by atoms with van der Waals surface area (Å²) >= 11 is 3.22. The van der Waals surface area contributed by atoms with Crippen LogP contribution in [0.1, 0.15) is 17.2 Å². The molecule has 2 atom stereocenters. The topological polar surface area (TPSA) is 21.3 Å². The van der Waals surface area contributed by atoms with Crippen LogP contribution in [0.2, 0.25) is 0 Å². The summed E-state index contributed by atoms with van der Waals surface area (Å²) in [6.07, 6.45) is -1.32. The minimum atomic E-state index is -3.09. The van der Waals surface area contributed by atoms with Gasteiger partial charge in [0.05, 0.1) is 12.6 Å². The molecule has 1 N–H and O–H groups in total. The Balaban J connectivity index is 1.79. The zero-order valence-electron chi connectivity index (χ0n) is 11.1. The minimum Gasteiger partial charge on any atom is -0.355 e. The predicted molar refractivity (Wildman–Crippen MR) is 80.1 cm³/mol. The fourth-order valence-electron chi connectivity index (χ4n) is 2.41. The SMILES string of the molecule is FC(F)(c1cccc(Br)c1)C1NC(c2ccccc2)CO1. The molecule has 2 unspecified atom stereocenters. The second-order valence-corrected chi connectivity index (χ2v) is 5.89. The number of hydrogen-bond acceptors (Lipinski definition) is 2. The van der Waals surface area contributed by atoms with Crippen molar-refractivity contribution < 1.29 is 13.5 Å². The molecule has 0 radical (unpaired) electrons. The number of nitrogens with one attached hydrogen (secondary N) is 1. The van der Waals surface area contributed by atoms with E-state index in [0.717, 1.165) is 5.56 Å². The first kappa shape index (κ1) is 14.6. The zero-order chi connectivity index (χ0) is 14.9. The highest BCUT2D eigenvalue weighted by Crippen LogP contribution is 2.37. The summed E-state index contributed by atoms with van der Waals surface area (Å²) in [5, 5.41) is 2.88. The first-order valence-corrected chi connectivity index (χ1v) is 7.43. The van der Waals surface area contributed by atoms with Gasteiger partial charge in [0.15, 0.2) is 6.23 Å². The van der Waals surface area contributed by atoms with Gasteiger partial charge in [-0.05, 0) is 17.7 Å². The van der Waals surface area contributed by atoms with Crippen LogP contribution in [-0.4, -0.2) is 12.8 Å². The zero-order valence-corrected chi connectivity index (χ0v) is 12.7. The monoisotopic (exact) mass is 353 g/mol. The van der Waals surface area contributed by atoms with E-state index in [2.05, 4.69) is 21.2 Å². The Morgan fingerprint density at radius 2 is 1.86 bits per heavy atom. The van der Waals surface area contributed by atoms with Gasteiger partial charge < -0.3 is 4.74 Å². The van der Waals surface area contributed by atoms with Crippen LogP contribution in [0.3, 0.4) is 0 Å². The van der Waals surface area contributed by atoms with Crippen LogP contribution in [0.4, 0.5) is 8.78 Å². The van der Waals surface area contributed by atoms with Gasteiger partial charge in [0, 0.05) is 10.0 Å². The Bertz CT molecular complexity index is 621. The third-order valence-corrected chi connectivity index (χ3v) is 4.02. The number of hydrogen-bond donors (Lipinski definition) is 1. The average molecular weight is 354 g/mol. The lowest BCUT2D eigenvalue weighted by atomic mass is 10.1. The molecule has 0 bridgehead atoms. The fraction of sp³-hybridized carbons (Fsp3) is 0.250. The summed E-state index contributed by atoms with van der Waals surface area (Å²) in [5.74, 6) is -3.09. The third kappa shape index (κ3) is 3.00. The number of ether oxygens (including phenoxy) is 1. The molecule has 1 saturated heterocycles. The van der Waals surface area contributed by atoms with Crippen molar-refractivity contribution in [1.29, 1.82) is 0 Å². The molecule has 1 heterocycles. The van der Waals surface area contributed by atoms with Crippen molar-refractivity contribution in [3.8, 4) is 0 Å². The molecule has 5 heteroatoms. The van der Waals surface area contributed by atoms with Crippen LogP contribution in [0.25, 0.3) is 0 Å². The standard InChI is InChI=1S/C16H14BrF2NO/c17-13-8-4-7-12(9-13)16(18,19)15-20-14(10-21-15)11-5-2-1-3-6-11/h1-9,14-15,20H,10H2. The maximum Gasteiger partial charge on any atom is 0.311 e. The highest BCUT2D eigenvalue weighted by atomic mass is 79.9. The van der Waals surface area contributed by atoms with Crippen LogP contribution < -0.4 is 5.32 Å². The minimum absolute atomic E-state index is 0.0666. The molecule has 0 aromatic heterocycles. The Morgan fingerprint density at radius 1 is 1.10 bits per heavy atom. The summed E-state index contributed by atoms with van der Waals surface area (Å²) in [6, 6.07) is 15.4. The van der Waals surface area contributed by atoms with E-state index in [1.807, 2.05) is 30.3 Å². The summed E-state index contributed by atoms with van der Waals surface area (Å²) in [5.41, 5.74) is 0.883. The summed E-state index contributed by atoms with van der Waals surface area (Å²) < 4.78 is 35.0. The van der Waals surface area contributed by atoms with Crippen LogP contribution in [0.5, 0.6) is 0 Å². The molecule has 3 rings (SSSR count). The Morgan fingerprint density at radius 3 is 2.57 bits per heavy atom. The predicted octanol–water partition coefficient (Wildman–Crippen LogP) is 4.23. The van der Waals surface area contributed by atoms with Crippen molar-refractivity contribution in [3.05, 3.63) is 70.2 Å². The van der Waals surface area contributed by atoms with Crippen molar-refractivity contribution in [2.75, 3.05) is 6.61 Å². The Hall–Kier alpha value is -1.30. The van der Waals surface area contributed by atoms with Gasteiger partial charge in [0.2, 0.25) is 0 Å². The highest BCUT2D eigenvalue weighted by Gasteiger charge is 2.46. The molecule has 21 heavy (non-hydrogen) atoms. The lowest BCUT2D eigenvalue weighted by Gasteiger charge is -2.23. The van der Waals surface area contributed by atoms with Crippen molar-refractivity contribution in [1.82, 2.24) is 5.32 Å².